The highest BCUT2D eigenvalue weighted by atomic mass is 16.5. The molecular formula is C11H22O. The van der Waals surface area contributed by atoms with Crippen molar-refractivity contribution < 1.29 is 4.74 Å². The summed E-state index contributed by atoms with van der Waals surface area (Å²) in [6.45, 7) is 6.29. The first-order chi connectivity index (χ1) is 5.86. The van der Waals surface area contributed by atoms with Gasteiger partial charge in [0.15, 0.2) is 0 Å². The van der Waals surface area contributed by atoms with Crippen molar-refractivity contribution in [2.24, 2.45) is 11.8 Å². The molecule has 0 radical (unpaired) electrons. The second-order valence-corrected chi connectivity index (χ2v) is 3.97. The number of hydrogen-bond acceptors (Lipinski definition) is 1. The van der Waals surface area contributed by atoms with Crippen LogP contribution >= 0.6 is 0 Å². The molecule has 0 N–H and O–H groups in total. The third kappa shape index (κ3) is 3.14. The summed E-state index contributed by atoms with van der Waals surface area (Å²) in [6, 6.07) is 0. The zero-order valence-electron chi connectivity index (χ0n) is 8.51. The van der Waals surface area contributed by atoms with Gasteiger partial charge in [0, 0.05) is 13.2 Å². The molecule has 0 aromatic carbocycles. The lowest BCUT2D eigenvalue weighted by Crippen LogP contribution is -2.19. The van der Waals surface area contributed by atoms with Crippen LogP contribution in [0.15, 0.2) is 0 Å². The molecule has 0 aromatic heterocycles. The van der Waals surface area contributed by atoms with Crippen LogP contribution < -0.4 is 0 Å². The third-order valence-corrected chi connectivity index (χ3v) is 3.03. The van der Waals surface area contributed by atoms with E-state index < -0.39 is 0 Å². The second-order valence-electron chi connectivity index (χ2n) is 3.97. The van der Waals surface area contributed by atoms with E-state index in [0.717, 1.165) is 25.0 Å². The Balaban J connectivity index is 2.16. The lowest BCUT2D eigenvalue weighted by atomic mass is 9.80. The molecule has 1 saturated carbocycles. The molecule has 2 unspecified atom stereocenters. The van der Waals surface area contributed by atoms with Gasteiger partial charge in [-0.05, 0) is 31.6 Å². The van der Waals surface area contributed by atoms with Gasteiger partial charge >= 0.3 is 0 Å². The quantitative estimate of drug-likeness (QED) is 0.629. The van der Waals surface area contributed by atoms with Gasteiger partial charge in [-0.2, -0.15) is 0 Å². The first-order valence-electron chi connectivity index (χ1n) is 5.44. The summed E-state index contributed by atoms with van der Waals surface area (Å²) in [5, 5.41) is 0. The molecule has 1 fully saturated rings. The third-order valence-electron chi connectivity index (χ3n) is 3.03. The Kier molecular flexibility index (Phi) is 4.67. The largest absolute Gasteiger partial charge is 0.381 e. The van der Waals surface area contributed by atoms with Gasteiger partial charge in [0.1, 0.15) is 0 Å². The van der Waals surface area contributed by atoms with Crippen molar-refractivity contribution in [1.82, 2.24) is 0 Å². The lowest BCUT2D eigenvalue weighted by Gasteiger charge is -2.28. The maximum Gasteiger partial charge on any atom is 0.0494 e. The van der Waals surface area contributed by atoms with Gasteiger partial charge in [-0.25, -0.2) is 0 Å². The van der Waals surface area contributed by atoms with Gasteiger partial charge in [0.2, 0.25) is 0 Å². The Hall–Kier alpha value is -0.0400. The van der Waals surface area contributed by atoms with E-state index in [1.165, 1.54) is 32.1 Å². The van der Waals surface area contributed by atoms with Crippen molar-refractivity contribution in [3.8, 4) is 0 Å². The van der Waals surface area contributed by atoms with Crippen LogP contribution in [0.5, 0.6) is 0 Å². The van der Waals surface area contributed by atoms with Gasteiger partial charge in [0.05, 0.1) is 0 Å². The van der Waals surface area contributed by atoms with Crippen molar-refractivity contribution in [2.75, 3.05) is 13.2 Å². The average molecular weight is 170 g/mol. The van der Waals surface area contributed by atoms with Crippen molar-refractivity contribution in [3.05, 3.63) is 0 Å². The second kappa shape index (κ2) is 5.58. The van der Waals surface area contributed by atoms with E-state index in [1.807, 2.05) is 0 Å². The SMILES string of the molecule is CCOCC1CCCC(CC)C1. The van der Waals surface area contributed by atoms with E-state index in [4.69, 9.17) is 4.74 Å². The number of ether oxygens (including phenoxy) is 1. The minimum absolute atomic E-state index is 0.864. The lowest BCUT2D eigenvalue weighted by molar-refractivity contribution is 0.0823. The molecular weight excluding hydrogens is 148 g/mol. The molecule has 0 saturated heterocycles. The van der Waals surface area contributed by atoms with Gasteiger partial charge in [-0.15, -0.1) is 0 Å². The zero-order chi connectivity index (χ0) is 8.81. The van der Waals surface area contributed by atoms with Crippen molar-refractivity contribution in [3.63, 3.8) is 0 Å². The Morgan fingerprint density at radius 2 is 1.92 bits per heavy atom. The fourth-order valence-corrected chi connectivity index (χ4v) is 2.21. The molecule has 1 aliphatic rings. The van der Waals surface area contributed by atoms with E-state index in [2.05, 4.69) is 13.8 Å². The summed E-state index contributed by atoms with van der Waals surface area (Å²) < 4.78 is 5.47. The van der Waals surface area contributed by atoms with E-state index in [0.29, 0.717) is 0 Å². The summed E-state index contributed by atoms with van der Waals surface area (Å²) in [4.78, 5) is 0. The Bertz CT molecular complexity index is 112. The zero-order valence-corrected chi connectivity index (χ0v) is 8.51. The van der Waals surface area contributed by atoms with Gasteiger partial charge in [0.25, 0.3) is 0 Å². The maximum atomic E-state index is 5.47. The molecule has 1 nitrogen and oxygen atoms in total. The minimum atomic E-state index is 0.864. The van der Waals surface area contributed by atoms with Crippen LogP contribution in [-0.2, 0) is 4.74 Å². The van der Waals surface area contributed by atoms with Gasteiger partial charge in [-0.1, -0.05) is 26.2 Å². The summed E-state index contributed by atoms with van der Waals surface area (Å²) in [6.07, 6.45) is 7.06. The van der Waals surface area contributed by atoms with Crippen LogP contribution in [0.2, 0.25) is 0 Å². The summed E-state index contributed by atoms with van der Waals surface area (Å²) >= 11 is 0. The molecule has 1 rings (SSSR count). The normalized spacial score (nSPS) is 30.5. The predicted molar refractivity (Wildman–Crippen MR) is 52.2 cm³/mol. The minimum Gasteiger partial charge on any atom is -0.381 e. The highest BCUT2D eigenvalue weighted by Crippen LogP contribution is 2.30. The molecule has 2 atom stereocenters. The van der Waals surface area contributed by atoms with E-state index in [1.54, 1.807) is 0 Å². The van der Waals surface area contributed by atoms with Crippen LogP contribution in [0.1, 0.15) is 46.0 Å². The Morgan fingerprint density at radius 3 is 2.58 bits per heavy atom. The molecule has 0 bridgehead atoms. The van der Waals surface area contributed by atoms with Crippen LogP contribution in [-0.4, -0.2) is 13.2 Å². The fraction of sp³-hybridized carbons (Fsp3) is 1.00. The molecule has 0 amide bonds. The van der Waals surface area contributed by atoms with E-state index in [9.17, 15) is 0 Å². The molecule has 0 spiro atoms. The summed E-state index contributed by atoms with van der Waals surface area (Å²) in [7, 11) is 0. The first kappa shape index (κ1) is 10.0. The molecule has 0 aromatic rings. The van der Waals surface area contributed by atoms with E-state index in [-0.39, 0.29) is 0 Å². The predicted octanol–water partition coefficient (Wildman–Crippen LogP) is 3.24. The Morgan fingerprint density at radius 1 is 1.17 bits per heavy atom. The smallest absolute Gasteiger partial charge is 0.0494 e. The Labute approximate surface area is 76.5 Å². The van der Waals surface area contributed by atoms with Crippen LogP contribution in [0.3, 0.4) is 0 Å². The molecule has 0 heterocycles. The molecule has 1 heteroatoms. The van der Waals surface area contributed by atoms with Crippen LogP contribution in [0.25, 0.3) is 0 Å². The van der Waals surface area contributed by atoms with Crippen molar-refractivity contribution in [2.45, 2.75) is 46.0 Å². The van der Waals surface area contributed by atoms with Gasteiger partial charge < -0.3 is 4.74 Å². The monoisotopic (exact) mass is 170 g/mol. The molecule has 0 aliphatic heterocycles. The highest BCUT2D eigenvalue weighted by Gasteiger charge is 2.20. The molecule has 72 valence electrons. The topological polar surface area (TPSA) is 9.23 Å². The average Bonchev–Trinajstić information content (AvgIpc) is 2.15. The van der Waals surface area contributed by atoms with Crippen molar-refractivity contribution in [1.29, 1.82) is 0 Å². The fourth-order valence-electron chi connectivity index (χ4n) is 2.21. The number of rotatable bonds is 4. The van der Waals surface area contributed by atoms with Crippen LogP contribution in [0.4, 0.5) is 0 Å². The standard InChI is InChI=1S/C11H22O/c1-3-10-6-5-7-11(8-10)9-12-4-2/h10-11H,3-9H2,1-2H3. The molecule has 12 heavy (non-hydrogen) atoms. The van der Waals surface area contributed by atoms with Gasteiger partial charge in [-0.3, -0.25) is 0 Å². The maximum absolute atomic E-state index is 5.47. The number of hydrogen-bond donors (Lipinski definition) is 0. The first-order valence-corrected chi connectivity index (χ1v) is 5.44. The molecule has 1 aliphatic carbocycles. The van der Waals surface area contributed by atoms with Crippen LogP contribution in [0, 0.1) is 11.8 Å². The van der Waals surface area contributed by atoms with E-state index >= 15 is 0 Å². The highest BCUT2D eigenvalue weighted by molar-refractivity contribution is 4.71. The summed E-state index contributed by atoms with van der Waals surface area (Å²) in [5.41, 5.74) is 0. The van der Waals surface area contributed by atoms with Crippen molar-refractivity contribution >= 4 is 0 Å². The summed E-state index contributed by atoms with van der Waals surface area (Å²) in [5.74, 6) is 1.85.